The van der Waals surface area contributed by atoms with E-state index < -0.39 is 23.5 Å². The Morgan fingerprint density at radius 1 is 0.833 bits per heavy atom. The number of carbonyl (C=O) groups is 2. The monoisotopic (exact) mass is 588 g/mol. The summed E-state index contributed by atoms with van der Waals surface area (Å²) < 4.78 is 48.5. The highest BCUT2D eigenvalue weighted by Crippen LogP contribution is 2.40. The molecule has 6 rings (SSSR count). The van der Waals surface area contributed by atoms with Crippen LogP contribution in [0.5, 0.6) is 11.5 Å². The van der Waals surface area contributed by atoms with Crippen LogP contribution in [0.25, 0.3) is 20.7 Å². The lowest BCUT2D eigenvalue weighted by Crippen LogP contribution is -2.27. The molecule has 0 bridgehead atoms. The van der Waals surface area contributed by atoms with Crippen LogP contribution in [-0.2, 0) is 0 Å². The van der Waals surface area contributed by atoms with Crippen LogP contribution in [0.15, 0.2) is 79.0 Å². The zero-order valence-electron chi connectivity index (χ0n) is 22.0. The maximum atomic E-state index is 15.0. The summed E-state index contributed by atoms with van der Waals surface area (Å²) in [5.41, 5.74) is 2.12. The summed E-state index contributed by atoms with van der Waals surface area (Å²) in [5, 5.41) is 4.65. The van der Waals surface area contributed by atoms with Gasteiger partial charge in [0.1, 0.15) is 17.4 Å². The third kappa shape index (κ3) is 5.77. The molecule has 7 nitrogen and oxygen atoms in total. The number of aromatic nitrogens is 1. The van der Waals surface area contributed by atoms with Crippen LogP contribution >= 0.6 is 11.3 Å². The predicted molar refractivity (Wildman–Crippen MR) is 156 cm³/mol. The van der Waals surface area contributed by atoms with E-state index in [0.717, 1.165) is 54.6 Å². The van der Waals surface area contributed by atoms with Crippen molar-refractivity contribution in [1.82, 2.24) is 9.88 Å². The van der Waals surface area contributed by atoms with Gasteiger partial charge in [0.2, 0.25) is 0 Å². The standard InChI is InChI=1S/C31H23F3N4O3S/c32-20-7-9-24(22(33)15-20)37-31(40)36-21-8-10-26(23(34)16-21)41-27-11-12-35-25-17-28(42-29(25)27)18-3-5-19(6-4-18)30(39)38-13-1-2-14-38/h3-12,15-17H,1-2,13-14H2,(H2,36,37,40). The molecule has 2 aromatic heterocycles. The number of nitrogens with zero attached hydrogens (tertiary/aromatic N) is 2. The lowest BCUT2D eigenvalue weighted by molar-refractivity contribution is 0.0793. The average molecular weight is 589 g/mol. The van der Waals surface area contributed by atoms with E-state index in [2.05, 4.69) is 15.6 Å². The molecule has 0 aliphatic carbocycles. The number of halogens is 3. The van der Waals surface area contributed by atoms with E-state index in [-0.39, 0.29) is 23.0 Å². The van der Waals surface area contributed by atoms with Crippen molar-refractivity contribution in [3.8, 4) is 21.9 Å². The average Bonchev–Trinajstić information content (AvgIpc) is 3.67. The summed E-state index contributed by atoms with van der Waals surface area (Å²) in [6.07, 6.45) is 3.64. The summed E-state index contributed by atoms with van der Waals surface area (Å²) in [5.74, 6) is -2.08. The quantitative estimate of drug-likeness (QED) is 0.210. The maximum Gasteiger partial charge on any atom is 0.323 e. The molecule has 0 unspecified atom stereocenters. The second-order valence-corrected chi connectivity index (χ2v) is 10.7. The summed E-state index contributed by atoms with van der Waals surface area (Å²) in [6, 6.07) is 16.8. The number of carbonyl (C=O) groups excluding carboxylic acids is 2. The van der Waals surface area contributed by atoms with Crippen molar-refractivity contribution in [3.05, 3.63) is 102 Å². The van der Waals surface area contributed by atoms with Crippen molar-refractivity contribution >= 4 is 44.9 Å². The molecule has 3 amide bonds. The number of amides is 3. The number of nitrogens with one attached hydrogen (secondary N) is 2. The Morgan fingerprint density at radius 3 is 2.36 bits per heavy atom. The van der Waals surface area contributed by atoms with Crippen molar-refractivity contribution in [2.24, 2.45) is 0 Å². The van der Waals surface area contributed by atoms with Gasteiger partial charge in [-0.1, -0.05) is 12.1 Å². The van der Waals surface area contributed by atoms with Gasteiger partial charge in [0.05, 0.1) is 15.9 Å². The van der Waals surface area contributed by atoms with Gasteiger partial charge >= 0.3 is 6.03 Å². The Labute approximate surface area is 242 Å². The minimum atomic E-state index is -0.940. The number of hydrogen-bond acceptors (Lipinski definition) is 5. The van der Waals surface area contributed by atoms with Gasteiger partial charge < -0.3 is 20.3 Å². The van der Waals surface area contributed by atoms with E-state index in [1.165, 1.54) is 23.5 Å². The second-order valence-electron chi connectivity index (χ2n) is 9.66. The third-order valence-corrected chi connectivity index (χ3v) is 7.96. The van der Waals surface area contributed by atoms with Crippen molar-refractivity contribution in [1.29, 1.82) is 0 Å². The molecular formula is C31H23F3N4O3S. The number of likely N-dealkylation sites (tertiary alicyclic amines) is 1. The second kappa shape index (κ2) is 11.5. The first-order valence-electron chi connectivity index (χ1n) is 13.1. The van der Waals surface area contributed by atoms with E-state index in [1.807, 2.05) is 35.2 Å². The molecule has 1 fully saturated rings. The fourth-order valence-corrected chi connectivity index (χ4v) is 5.74. The van der Waals surface area contributed by atoms with Gasteiger partial charge in [0.25, 0.3) is 5.91 Å². The van der Waals surface area contributed by atoms with E-state index in [4.69, 9.17) is 4.74 Å². The number of fused-ring (bicyclic) bond motifs is 1. The molecule has 0 spiro atoms. The molecule has 2 N–H and O–H groups in total. The number of ether oxygens (including phenoxy) is 1. The number of hydrogen-bond donors (Lipinski definition) is 2. The highest BCUT2D eigenvalue weighted by Gasteiger charge is 2.20. The summed E-state index contributed by atoms with van der Waals surface area (Å²) in [4.78, 5) is 32.1. The van der Waals surface area contributed by atoms with Crippen molar-refractivity contribution < 1.29 is 27.5 Å². The minimum absolute atomic E-state index is 0.0402. The van der Waals surface area contributed by atoms with E-state index in [9.17, 15) is 22.8 Å². The zero-order chi connectivity index (χ0) is 29.2. The predicted octanol–water partition coefficient (Wildman–Crippen LogP) is 8.05. The van der Waals surface area contributed by atoms with Crippen LogP contribution in [0.1, 0.15) is 23.2 Å². The van der Waals surface area contributed by atoms with Crippen LogP contribution < -0.4 is 15.4 Å². The van der Waals surface area contributed by atoms with Gasteiger partial charge in [-0.05, 0) is 60.9 Å². The van der Waals surface area contributed by atoms with E-state index in [0.29, 0.717) is 27.6 Å². The van der Waals surface area contributed by atoms with Crippen LogP contribution in [0.4, 0.5) is 29.3 Å². The number of pyridine rings is 1. The molecule has 1 saturated heterocycles. The molecular weight excluding hydrogens is 565 g/mol. The fraction of sp³-hybridized carbons (Fsp3) is 0.129. The van der Waals surface area contributed by atoms with Gasteiger partial charge in [0.15, 0.2) is 11.6 Å². The highest BCUT2D eigenvalue weighted by molar-refractivity contribution is 7.22. The topological polar surface area (TPSA) is 83.6 Å². The number of thiophene rings is 1. The van der Waals surface area contributed by atoms with Gasteiger partial charge in [-0.3, -0.25) is 9.78 Å². The molecule has 5 aromatic rings. The molecule has 11 heteroatoms. The van der Waals surface area contributed by atoms with Crippen LogP contribution in [-0.4, -0.2) is 34.9 Å². The Kier molecular flexibility index (Phi) is 7.49. The molecule has 42 heavy (non-hydrogen) atoms. The summed E-state index contributed by atoms with van der Waals surface area (Å²) in [7, 11) is 0. The number of rotatable bonds is 6. The molecule has 0 atom stereocenters. The molecule has 3 aromatic carbocycles. The number of benzene rings is 3. The molecule has 212 valence electrons. The fourth-order valence-electron chi connectivity index (χ4n) is 4.67. The van der Waals surface area contributed by atoms with Crippen molar-refractivity contribution in [2.75, 3.05) is 23.7 Å². The largest absolute Gasteiger partial charge is 0.453 e. The van der Waals surface area contributed by atoms with Crippen LogP contribution in [0.3, 0.4) is 0 Å². The van der Waals surface area contributed by atoms with Crippen molar-refractivity contribution in [3.63, 3.8) is 0 Å². The molecule has 1 aliphatic heterocycles. The normalized spacial score (nSPS) is 12.9. The number of urea groups is 1. The zero-order valence-corrected chi connectivity index (χ0v) is 22.8. The Balaban J connectivity index is 1.16. The van der Waals surface area contributed by atoms with Crippen LogP contribution in [0, 0.1) is 17.5 Å². The molecule has 0 saturated carbocycles. The van der Waals surface area contributed by atoms with Gasteiger partial charge in [-0.2, -0.15) is 0 Å². The first-order valence-corrected chi connectivity index (χ1v) is 13.9. The number of anilines is 2. The first kappa shape index (κ1) is 27.3. The van der Waals surface area contributed by atoms with Gasteiger partial charge in [-0.25, -0.2) is 18.0 Å². The van der Waals surface area contributed by atoms with Gasteiger partial charge in [0, 0.05) is 53.6 Å². The molecule has 1 aliphatic rings. The third-order valence-electron chi connectivity index (χ3n) is 6.77. The SMILES string of the molecule is O=C(Nc1ccc(Oc2ccnc3cc(-c4ccc(C(=O)N5CCCC5)cc4)sc23)c(F)c1)Nc1ccc(F)cc1F. The maximum absolute atomic E-state index is 15.0. The molecule has 0 radical (unpaired) electrons. The summed E-state index contributed by atoms with van der Waals surface area (Å²) in [6.45, 7) is 1.58. The van der Waals surface area contributed by atoms with Crippen LogP contribution in [0.2, 0.25) is 0 Å². The summed E-state index contributed by atoms with van der Waals surface area (Å²) >= 11 is 1.43. The smallest absolute Gasteiger partial charge is 0.323 e. The molecule has 3 heterocycles. The first-order chi connectivity index (χ1) is 20.3. The Bertz CT molecular complexity index is 1800. The highest BCUT2D eigenvalue weighted by atomic mass is 32.1. The van der Waals surface area contributed by atoms with E-state index >= 15 is 0 Å². The van der Waals surface area contributed by atoms with Crippen molar-refractivity contribution in [2.45, 2.75) is 12.8 Å². The lowest BCUT2D eigenvalue weighted by Gasteiger charge is -2.15. The van der Waals surface area contributed by atoms with Gasteiger partial charge in [-0.15, -0.1) is 11.3 Å². The Morgan fingerprint density at radius 2 is 1.62 bits per heavy atom. The Hall–Kier alpha value is -4.90. The van der Waals surface area contributed by atoms with E-state index in [1.54, 1.807) is 12.3 Å². The minimum Gasteiger partial charge on any atom is -0.453 e. The lowest BCUT2D eigenvalue weighted by atomic mass is 10.1.